The van der Waals surface area contributed by atoms with Crippen LogP contribution in [0.3, 0.4) is 0 Å². The van der Waals surface area contributed by atoms with Crippen LogP contribution in [0, 0.1) is 10.8 Å². The fourth-order valence-electron chi connectivity index (χ4n) is 7.87. The maximum absolute atomic E-state index is 12.3. The van der Waals surface area contributed by atoms with Gasteiger partial charge in [0.15, 0.2) is 0 Å². The molecule has 65 heavy (non-hydrogen) atoms. The van der Waals surface area contributed by atoms with E-state index in [1.807, 2.05) is 39.0 Å². The average Bonchev–Trinajstić information content (AvgIpc) is 3.97. The molecule has 348 valence electrons. The van der Waals surface area contributed by atoms with E-state index in [0.29, 0.717) is 38.2 Å². The molecule has 6 rings (SSSR count). The van der Waals surface area contributed by atoms with Gasteiger partial charge in [-0.1, -0.05) is 191 Å². The Morgan fingerprint density at radius 1 is 0.523 bits per heavy atom. The van der Waals surface area contributed by atoms with E-state index in [9.17, 15) is 4.79 Å². The molecule has 0 unspecified atom stereocenters. The third kappa shape index (κ3) is 13.2. The first-order valence-corrected chi connectivity index (χ1v) is 26.3. The maximum Gasteiger partial charge on any atom is 0.435 e. The molecule has 4 aromatic carbocycles. The summed E-state index contributed by atoms with van der Waals surface area (Å²) in [6.07, 6.45) is 2.71. The zero-order valence-corrected chi connectivity index (χ0v) is 43.0. The number of hydrogen-bond acceptors (Lipinski definition) is 8. The van der Waals surface area contributed by atoms with Gasteiger partial charge in [-0.05, 0) is 51.6 Å². The highest BCUT2D eigenvalue weighted by molar-refractivity contribution is 7.00. The molecule has 0 spiro atoms. The minimum atomic E-state index is -2.64. The van der Waals surface area contributed by atoms with Gasteiger partial charge in [-0.15, -0.1) is 5.10 Å². The van der Waals surface area contributed by atoms with E-state index in [2.05, 4.69) is 194 Å². The summed E-state index contributed by atoms with van der Waals surface area (Å²) in [7, 11) is -5.17. The van der Waals surface area contributed by atoms with Gasteiger partial charge < -0.3 is 23.1 Å². The maximum atomic E-state index is 12.3. The molecule has 0 amide bonds. The summed E-state index contributed by atoms with van der Waals surface area (Å²) in [6.45, 7) is 29.8. The number of carbonyl (C=O) groups excluding carboxylic acids is 1. The van der Waals surface area contributed by atoms with Crippen molar-refractivity contribution in [1.29, 1.82) is 0 Å². The Hall–Kier alpha value is -5.28. The van der Waals surface area contributed by atoms with Crippen LogP contribution in [0.1, 0.15) is 90.0 Å². The second kappa shape index (κ2) is 20.9. The molecule has 2 heterocycles. The fraction of sp³-hybridized carbons (Fsp3) is 0.415. The number of nitrogens with one attached hydrogen (secondary N) is 1. The van der Waals surface area contributed by atoms with Crippen molar-refractivity contribution in [2.24, 2.45) is 10.8 Å². The van der Waals surface area contributed by atoms with Crippen molar-refractivity contribution in [3.63, 3.8) is 0 Å². The molecular formula is C53H72N4O6Si2. The molecule has 0 saturated carbocycles. The number of rotatable bonds is 16. The number of aromatic nitrogens is 4. The first-order chi connectivity index (χ1) is 30.5. The van der Waals surface area contributed by atoms with Crippen LogP contribution in [-0.2, 0) is 13.6 Å². The van der Waals surface area contributed by atoms with Crippen LogP contribution in [0.4, 0.5) is 4.79 Å². The zero-order valence-electron chi connectivity index (χ0n) is 41.0. The summed E-state index contributed by atoms with van der Waals surface area (Å²) in [6, 6.07) is 46.2. The zero-order chi connectivity index (χ0) is 47.6. The minimum Gasteiger partial charge on any atom is -0.477 e. The molecule has 0 aliphatic carbocycles. The Bertz CT molecular complexity index is 2260. The van der Waals surface area contributed by atoms with Crippen LogP contribution in [0.15, 0.2) is 146 Å². The highest BCUT2D eigenvalue weighted by Gasteiger charge is 2.52. The van der Waals surface area contributed by atoms with Gasteiger partial charge in [0, 0.05) is 42.4 Å². The quantitative estimate of drug-likeness (QED) is 0.0957. The van der Waals surface area contributed by atoms with E-state index < -0.39 is 28.3 Å². The van der Waals surface area contributed by atoms with E-state index in [-0.39, 0.29) is 20.9 Å². The van der Waals surface area contributed by atoms with Crippen molar-refractivity contribution in [2.45, 2.75) is 106 Å². The lowest BCUT2D eigenvalue weighted by atomic mass is 9.97. The molecule has 1 N–H and O–H groups in total. The predicted octanol–water partition coefficient (Wildman–Crippen LogP) is 10.0. The number of aromatic amines is 1. The van der Waals surface area contributed by atoms with E-state index in [4.69, 9.17) is 23.1 Å². The molecule has 2 aromatic heterocycles. The van der Waals surface area contributed by atoms with Gasteiger partial charge in [-0.25, -0.2) is 9.89 Å². The number of H-pyrrole nitrogens is 1. The van der Waals surface area contributed by atoms with Crippen LogP contribution >= 0.6 is 0 Å². The summed E-state index contributed by atoms with van der Waals surface area (Å²) >= 11 is 0. The van der Waals surface area contributed by atoms with Gasteiger partial charge in [-0.3, -0.25) is 0 Å². The number of ether oxygens (including phenoxy) is 3. The van der Waals surface area contributed by atoms with Gasteiger partial charge in [-0.2, -0.15) is 9.78 Å². The molecule has 0 saturated heterocycles. The summed E-state index contributed by atoms with van der Waals surface area (Å²) in [4.78, 5) is 12.3. The first kappa shape index (κ1) is 50.7. The highest BCUT2D eigenvalue weighted by atomic mass is 28.4. The van der Waals surface area contributed by atoms with Crippen molar-refractivity contribution >= 4 is 43.5 Å². The summed E-state index contributed by atoms with van der Waals surface area (Å²) < 4.78 is 32.5. The second-order valence-corrected chi connectivity index (χ2v) is 29.9. The SMILES string of the molecule is CC(C)(COc1ccn(C(=O)OC(C)(C)C)n1)CO[Si](c1ccccc1)(c1ccccc1)C(C)(C)C.CC(C)(COc1ccn[nH]1)CO[Si](c1ccccc1)(c1ccccc1)C(C)(C)C. The molecule has 0 fully saturated rings. The van der Waals surface area contributed by atoms with Crippen LogP contribution in [-0.4, -0.2) is 74.7 Å². The lowest BCUT2D eigenvalue weighted by molar-refractivity contribution is 0.0508. The van der Waals surface area contributed by atoms with E-state index in [1.165, 1.54) is 20.7 Å². The lowest BCUT2D eigenvalue weighted by Crippen LogP contribution is -2.67. The largest absolute Gasteiger partial charge is 0.477 e. The number of carbonyl (C=O) groups is 1. The standard InChI is InChI=1S/C29H40N2O4Si.C24H32N2O2Si/c1-27(2,3)35-26(32)31-20-19-25(30-31)33-21-29(7,8)22-34-36(28(4,5)6,23-15-11-9-12-16-23)24-17-13-10-14-18-24;1-23(2,3)29(20-12-8-6-9-13-20,21-14-10-7-11-15-21)28-19-24(4,5)18-27-22-16-17-25-26-22/h9-20H,21-22H2,1-8H3;6-17H,18-19H2,1-5H3,(H,25,26). The van der Waals surface area contributed by atoms with Crippen molar-refractivity contribution in [2.75, 3.05) is 26.4 Å². The number of benzene rings is 4. The lowest BCUT2D eigenvalue weighted by Gasteiger charge is -2.44. The molecule has 0 aliphatic rings. The van der Waals surface area contributed by atoms with Gasteiger partial charge in [0.05, 0.1) is 19.4 Å². The van der Waals surface area contributed by atoms with Crippen molar-refractivity contribution in [3.8, 4) is 11.8 Å². The third-order valence-corrected chi connectivity index (χ3v) is 21.0. The third-order valence-electron chi connectivity index (χ3n) is 11.0. The van der Waals surface area contributed by atoms with E-state index in [1.54, 1.807) is 18.5 Å². The van der Waals surface area contributed by atoms with Gasteiger partial charge in [0.2, 0.25) is 11.8 Å². The van der Waals surface area contributed by atoms with Crippen LogP contribution in [0.25, 0.3) is 0 Å². The monoisotopic (exact) mass is 916 g/mol. The molecule has 10 nitrogen and oxygen atoms in total. The number of hydrogen-bond donors (Lipinski definition) is 1. The Labute approximate surface area is 390 Å². The van der Waals surface area contributed by atoms with Gasteiger partial charge in [0.1, 0.15) is 5.60 Å². The molecular weight excluding hydrogens is 845 g/mol. The number of nitrogens with zero attached hydrogens (tertiary/aromatic N) is 3. The smallest absolute Gasteiger partial charge is 0.435 e. The van der Waals surface area contributed by atoms with Crippen molar-refractivity contribution in [1.82, 2.24) is 20.0 Å². The Balaban J connectivity index is 0.000000250. The van der Waals surface area contributed by atoms with Crippen molar-refractivity contribution < 1.29 is 27.9 Å². The van der Waals surface area contributed by atoms with Crippen LogP contribution < -0.4 is 30.2 Å². The highest BCUT2D eigenvalue weighted by Crippen LogP contribution is 2.39. The summed E-state index contributed by atoms with van der Waals surface area (Å²) in [5.74, 6) is 1.06. The van der Waals surface area contributed by atoms with Gasteiger partial charge in [0.25, 0.3) is 16.6 Å². The molecule has 0 aliphatic heterocycles. The molecule has 6 aromatic rings. The molecule has 0 atom stereocenters. The Morgan fingerprint density at radius 3 is 1.25 bits per heavy atom. The topological polar surface area (TPSA) is 110 Å². The van der Waals surface area contributed by atoms with Gasteiger partial charge >= 0.3 is 6.09 Å². The van der Waals surface area contributed by atoms with Crippen LogP contribution in [0.5, 0.6) is 11.8 Å². The molecule has 0 bridgehead atoms. The second-order valence-electron chi connectivity index (χ2n) is 21.3. The summed E-state index contributed by atoms with van der Waals surface area (Å²) in [5.41, 5.74) is -1.05. The molecule has 12 heteroatoms. The first-order valence-electron chi connectivity index (χ1n) is 22.5. The Kier molecular flexibility index (Phi) is 16.3. The van der Waals surface area contributed by atoms with E-state index >= 15 is 0 Å². The van der Waals surface area contributed by atoms with Crippen LogP contribution in [0.2, 0.25) is 10.1 Å². The Morgan fingerprint density at radius 2 is 0.908 bits per heavy atom. The van der Waals surface area contributed by atoms with Crippen molar-refractivity contribution in [3.05, 3.63) is 146 Å². The summed E-state index contributed by atoms with van der Waals surface area (Å²) in [5, 5.41) is 16.0. The molecule has 0 radical (unpaired) electrons. The average molecular weight is 917 g/mol. The fourth-order valence-corrected chi connectivity index (χ4v) is 17.4. The predicted molar refractivity (Wildman–Crippen MR) is 268 cm³/mol. The normalized spacial score (nSPS) is 12.8. The van der Waals surface area contributed by atoms with E-state index in [0.717, 1.165) is 4.68 Å². The minimum absolute atomic E-state index is 0.0317.